The fourth-order valence-corrected chi connectivity index (χ4v) is 3.72. The minimum atomic E-state index is -0.574. The maximum Gasteiger partial charge on any atom is 0.410 e. The third-order valence-electron chi connectivity index (χ3n) is 5.46. The number of nitrogens with one attached hydrogen (secondary N) is 1. The van der Waals surface area contributed by atoms with Crippen LogP contribution in [-0.4, -0.2) is 66.7 Å². The SMILES string of the molecule is CC(C)(C)OC(=O)N1CCN(CCCOc2ccc(C(=O)NCc3ccc(Cl)cc3)cc2F)CC1. The molecule has 1 heterocycles. The van der Waals surface area contributed by atoms with Gasteiger partial charge in [-0.05, 0) is 63.1 Å². The third kappa shape index (κ3) is 8.71. The fourth-order valence-electron chi connectivity index (χ4n) is 3.60. The second-order valence-electron chi connectivity index (χ2n) is 9.47. The standard InChI is InChI=1S/C26H33ClFN3O4/c1-26(2,3)35-25(33)31-14-12-30(13-15-31)11-4-16-34-23-10-7-20(17-22(23)28)24(32)29-18-19-5-8-21(27)9-6-19/h5-10,17H,4,11-16,18H2,1-3H3,(H,29,32). The Morgan fingerprint density at radius 3 is 2.37 bits per heavy atom. The fraction of sp³-hybridized carbons (Fsp3) is 0.462. The number of amides is 2. The number of carbonyl (C=O) groups is 2. The number of ether oxygens (including phenoxy) is 2. The van der Waals surface area contributed by atoms with Crippen molar-refractivity contribution in [3.8, 4) is 5.75 Å². The highest BCUT2D eigenvalue weighted by atomic mass is 35.5. The number of nitrogens with zero attached hydrogens (tertiary/aromatic N) is 2. The van der Waals surface area contributed by atoms with Gasteiger partial charge in [0.1, 0.15) is 5.60 Å². The number of carbonyl (C=O) groups excluding carboxylic acids is 2. The molecule has 0 aliphatic carbocycles. The topological polar surface area (TPSA) is 71.1 Å². The predicted molar refractivity (Wildman–Crippen MR) is 133 cm³/mol. The average Bonchev–Trinajstić information content (AvgIpc) is 2.81. The molecule has 1 saturated heterocycles. The molecular formula is C26H33ClFN3O4. The Balaban J connectivity index is 1.36. The number of piperazine rings is 1. The van der Waals surface area contributed by atoms with Crippen LogP contribution in [0.2, 0.25) is 5.02 Å². The van der Waals surface area contributed by atoms with Gasteiger partial charge in [0.05, 0.1) is 6.61 Å². The summed E-state index contributed by atoms with van der Waals surface area (Å²) in [5, 5.41) is 3.39. The summed E-state index contributed by atoms with van der Waals surface area (Å²) < 4.78 is 25.5. The molecule has 1 N–H and O–H groups in total. The summed E-state index contributed by atoms with van der Waals surface area (Å²) in [5.41, 5.74) is 0.626. The van der Waals surface area contributed by atoms with E-state index in [1.54, 1.807) is 23.1 Å². The van der Waals surface area contributed by atoms with E-state index in [2.05, 4.69) is 10.2 Å². The van der Waals surface area contributed by atoms with Crippen LogP contribution in [0.3, 0.4) is 0 Å². The van der Waals surface area contributed by atoms with Gasteiger partial charge < -0.3 is 19.7 Å². The molecule has 3 rings (SSSR count). The summed E-state index contributed by atoms with van der Waals surface area (Å²) in [5.74, 6) is -0.819. The van der Waals surface area contributed by atoms with Crippen molar-refractivity contribution in [2.75, 3.05) is 39.3 Å². The average molecular weight is 506 g/mol. The van der Waals surface area contributed by atoms with E-state index in [4.69, 9.17) is 21.1 Å². The molecule has 2 amide bonds. The first-order valence-corrected chi connectivity index (χ1v) is 12.1. The highest BCUT2D eigenvalue weighted by molar-refractivity contribution is 6.30. The highest BCUT2D eigenvalue weighted by Crippen LogP contribution is 2.19. The van der Waals surface area contributed by atoms with Gasteiger partial charge in [0, 0.05) is 49.9 Å². The van der Waals surface area contributed by atoms with Gasteiger partial charge in [-0.2, -0.15) is 0 Å². The molecule has 0 unspecified atom stereocenters. The minimum absolute atomic E-state index is 0.119. The minimum Gasteiger partial charge on any atom is -0.490 e. The summed E-state index contributed by atoms with van der Waals surface area (Å²) in [6.07, 6.45) is 0.438. The lowest BCUT2D eigenvalue weighted by Crippen LogP contribution is -2.50. The molecule has 1 aliphatic rings. The van der Waals surface area contributed by atoms with Crippen LogP contribution >= 0.6 is 11.6 Å². The Morgan fingerprint density at radius 1 is 1.06 bits per heavy atom. The number of halogens is 2. The van der Waals surface area contributed by atoms with Crippen molar-refractivity contribution in [1.29, 1.82) is 0 Å². The summed E-state index contributed by atoms with van der Waals surface area (Å²) in [7, 11) is 0. The highest BCUT2D eigenvalue weighted by Gasteiger charge is 2.25. The number of hydrogen-bond donors (Lipinski definition) is 1. The van der Waals surface area contributed by atoms with Gasteiger partial charge in [0.15, 0.2) is 11.6 Å². The maximum atomic E-state index is 14.5. The van der Waals surface area contributed by atoms with Crippen molar-refractivity contribution in [3.63, 3.8) is 0 Å². The summed E-state index contributed by atoms with van der Waals surface area (Å²) >= 11 is 5.86. The van der Waals surface area contributed by atoms with E-state index in [1.807, 2.05) is 32.9 Å². The van der Waals surface area contributed by atoms with E-state index in [-0.39, 0.29) is 23.3 Å². The summed E-state index contributed by atoms with van der Waals surface area (Å²) in [6.45, 7) is 9.78. The van der Waals surface area contributed by atoms with Gasteiger partial charge in [-0.25, -0.2) is 9.18 Å². The van der Waals surface area contributed by atoms with Gasteiger partial charge in [0.2, 0.25) is 0 Å². The molecule has 0 spiro atoms. The van der Waals surface area contributed by atoms with E-state index in [1.165, 1.54) is 12.1 Å². The second-order valence-corrected chi connectivity index (χ2v) is 9.90. The monoisotopic (exact) mass is 505 g/mol. The second kappa shape index (κ2) is 12.2. The molecule has 1 fully saturated rings. The van der Waals surface area contributed by atoms with Crippen LogP contribution in [0.5, 0.6) is 5.75 Å². The molecule has 7 nitrogen and oxygen atoms in total. The molecule has 0 radical (unpaired) electrons. The molecule has 190 valence electrons. The normalized spacial score (nSPS) is 14.5. The Bertz CT molecular complexity index is 1000. The van der Waals surface area contributed by atoms with Gasteiger partial charge in [-0.15, -0.1) is 0 Å². The lowest BCUT2D eigenvalue weighted by atomic mass is 10.1. The van der Waals surface area contributed by atoms with E-state index >= 15 is 0 Å². The summed E-state index contributed by atoms with van der Waals surface area (Å²) in [4.78, 5) is 28.5. The van der Waals surface area contributed by atoms with Crippen LogP contribution in [-0.2, 0) is 11.3 Å². The molecule has 9 heteroatoms. The number of rotatable bonds is 8. The number of benzene rings is 2. The van der Waals surface area contributed by atoms with Crippen molar-refractivity contribution in [2.24, 2.45) is 0 Å². The zero-order chi connectivity index (χ0) is 25.4. The van der Waals surface area contributed by atoms with Crippen molar-refractivity contribution >= 4 is 23.6 Å². The van der Waals surface area contributed by atoms with Crippen LogP contribution in [0, 0.1) is 5.82 Å². The first kappa shape index (κ1) is 26.8. The Labute approximate surface area is 211 Å². The zero-order valence-corrected chi connectivity index (χ0v) is 21.2. The van der Waals surface area contributed by atoms with E-state index in [0.29, 0.717) is 31.3 Å². The van der Waals surface area contributed by atoms with Crippen molar-refractivity contribution < 1.29 is 23.5 Å². The lowest BCUT2D eigenvalue weighted by molar-refractivity contribution is 0.0142. The van der Waals surface area contributed by atoms with Crippen LogP contribution in [0.15, 0.2) is 42.5 Å². The maximum absolute atomic E-state index is 14.5. The largest absolute Gasteiger partial charge is 0.490 e. The quantitative estimate of drug-likeness (QED) is 0.525. The molecule has 35 heavy (non-hydrogen) atoms. The first-order chi connectivity index (χ1) is 16.6. The zero-order valence-electron chi connectivity index (χ0n) is 20.5. The van der Waals surface area contributed by atoms with E-state index in [0.717, 1.165) is 31.6 Å². The molecule has 1 aliphatic heterocycles. The van der Waals surface area contributed by atoms with E-state index in [9.17, 15) is 14.0 Å². The number of hydrogen-bond acceptors (Lipinski definition) is 5. The van der Waals surface area contributed by atoms with E-state index < -0.39 is 11.4 Å². The third-order valence-corrected chi connectivity index (χ3v) is 5.71. The lowest BCUT2D eigenvalue weighted by Gasteiger charge is -2.35. The van der Waals surface area contributed by atoms with Gasteiger partial charge >= 0.3 is 6.09 Å². The van der Waals surface area contributed by atoms with Gasteiger partial charge in [-0.1, -0.05) is 23.7 Å². The molecule has 0 atom stereocenters. The van der Waals surface area contributed by atoms with Crippen LogP contribution in [0.4, 0.5) is 9.18 Å². The molecule has 2 aromatic carbocycles. The molecule has 0 bridgehead atoms. The molecule has 0 aromatic heterocycles. The molecule has 0 saturated carbocycles. The first-order valence-electron chi connectivity index (χ1n) is 11.8. The van der Waals surface area contributed by atoms with Gasteiger partial charge in [0.25, 0.3) is 5.91 Å². The Kier molecular flexibility index (Phi) is 9.34. The van der Waals surface area contributed by atoms with Crippen molar-refractivity contribution in [1.82, 2.24) is 15.1 Å². The predicted octanol–water partition coefficient (Wildman–Crippen LogP) is 4.73. The van der Waals surface area contributed by atoms with Crippen LogP contribution < -0.4 is 10.1 Å². The van der Waals surface area contributed by atoms with Crippen LogP contribution in [0.25, 0.3) is 0 Å². The Hall–Kier alpha value is -2.84. The molecular weight excluding hydrogens is 473 g/mol. The smallest absolute Gasteiger partial charge is 0.410 e. The van der Waals surface area contributed by atoms with Gasteiger partial charge in [-0.3, -0.25) is 9.69 Å². The van der Waals surface area contributed by atoms with Crippen LogP contribution in [0.1, 0.15) is 43.1 Å². The summed E-state index contributed by atoms with van der Waals surface area (Å²) in [6, 6.07) is 11.3. The van der Waals surface area contributed by atoms with Crippen molar-refractivity contribution in [2.45, 2.75) is 39.3 Å². The van der Waals surface area contributed by atoms with Crippen molar-refractivity contribution in [3.05, 3.63) is 64.4 Å². The molecule has 2 aromatic rings. The Morgan fingerprint density at radius 2 is 1.74 bits per heavy atom.